The van der Waals surface area contributed by atoms with Crippen LogP contribution in [0, 0.1) is 5.82 Å². The van der Waals surface area contributed by atoms with Gasteiger partial charge < -0.3 is 14.9 Å². The average molecular weight is 466 g/mol. The SMILES string of the molecule is CCc1ccc(F)cc1C(C)(C)CC(O)(C(=O)Nc1ccc2c(=O)oncc2c1)C(F)(F)F. The molecule has 1 unspecified atom stereocenters. The Bertz CT molecular complexity index is 1250. The normalized spacial score (nSPS) is 14.2. The Kier molecular flexibility index (Phi) is 6.34. The number of alkyl halides is 3. The van der Waals surface area contributed by atoms with Gasteiger partial charge in [0, 0.05) is 17.5 Å². The van der Waals surface area contributed by atoms with Gasteiger partial charge in [-0.25, -0.2) is 9.18 Å². The second kappa shape index (κ2) is 8.58. The Balaban J connectivity index is 1.98. The van der Waals surface area contributed by atoms with Gasteiger partial charge >= 0.3 is 11.8 Å². The number of aryl methyl sites for hydroxylation is 1. The molecule has 3 rings (SSSR count). The van der Waals surface area contributed by atoms with Crippen molar-refractivity contribution in [2.45, 2.75) is 50.8 Å². The lowest BCUT2D eigenvalue weighted by atomic mass is 9.72. The van der Waals surface area contributed by atoms with Gasteiger partial charge in [0.2, 0.25) is 5.60 Å². The molecule has 176 valence electrons. The van der Waals surface area contributed by atoms with Crippen LogP contribution < -0.4 is 10.9 Å². The smallest absolute Gasteiger partial charge is 0.373 e. The summed E-state index contributed by atoms with van der Waals surface area (Å²) in [7, 11) is 0. The Labute approximate surface area is 186 Å². The van der Waals surface area contributed by atoms with Gasteiger partial charge in [-0.05, 0) is 53.3 Å². The summed E-state index contributed by atoms with van der Waals surface area (Å²) in [6.07, 6.45) is -4.78. The fraction of sp³-hybridized carbons (Fsp3) is 0.348. The van der Waals surface area contributed by atoms with E-state index in [1.165, 1.54) is 50.4 Å². The molecule has 33 heavy (non-hydrogen) atoms. The van der Waals surface area contributed by atoms with Crippen LogP contribution >= 0.6 is 0 Å². The minimum Gasteiger partial charge on any atom is -0.373 e. The topological polar surface area (TPSA) is 92.4 Å². The summed E-state index contributed by atoms with van der Waals surface area (Å²) < 4.78 is 60.4. The number of carbonyl (C=O) groups excluding carboxylic acids is 1. The summed E-state index contributed by atoms with van der Waals surface area (Å²) in [5.41, 5.74) is -5.16. The van der Waals surface area contributed by atoms with Gasteiger partial charge in [0.1, 0.15) is 5.82 Å². The molecule has 0 saturated heterocycles. The van der Waals surface area contributed by atoms with Gasteiger partial charge in [0.15, 0.2) is 0 Å². The molecule has 2 aromatic carbocycles. The third kappa shape index (κ3) is 4.75. The first kappa shape index (κ1) is 24.4. The van der Waals surface area contributed by atoms with Crippen LogP contribution in [0.4, 0.5) is 23.2 Å². The van der Waals surface area contributed by atoms with E-state index in [1.54, 1.807) is 6.92 Å². The molecule has 10 heteroatoms. The van der Waals surface area contributed by atoms with Gasteiger partial charge in [-0.15, -0.1) is 0 Å². The first-order valence-corrected chi connectivity index (χ1v) is 10.1. The van der Waals surface area contributed by atoms with E-state index in [1.807, 2.05) is 0 Å². The van der Waals surface area contributed by atoms with Crippen LogP contribution in [-0.4, -0.2) is 27.9 Å². The van der Waals surface area contributed by atoms with Gasteiger partial charge in [-0.1, -0.05) is 32.0 Å². The zero-order valence-electron chi connectivity index (χ0n) is 18.1. The Morgan fingerprint density at radius 3 is 2.48 bits per heavy atom. The van der Waals surface area contributed by atoms with Crippen molar-refractivity contribution in [1.82, 2.24) is 5.16 Å². The number of nitrogens with one attached hydrogen (secondary N) is 1. The first-order chi connectivity index (χ1) is 15.3. The number of nitrogens with zero attached hydrogens (tertiary/aromatic N) is 1. The van der Waals surface area contributed by atoms with Crippen molar-refractivity contribution < 1.29 is 32.0 Å². The number of benzene rings is 2. The van der Waals surface area contributed by atoms with E-state index in [9.17, 15) is 32.3 Å². The lowest BCUT2D eigenvalue weighted by Gasteiger charge is -2.37. The molecular formula is C23H22F4N2O4. The van der Waals surface area contributed by atoms with Crippen LogP contribution in [0.2, 0.25) is 0 Å². The molecule has 1 heterocycles. The van der Waals surface area contributed by atoms with Gasteiger partial charge in [-0.2, -0.15) is 13.2 Å². The highest BCUT2D eigenvalue weighted by Crippen LogP contribution is 2.43. The molecule has 0 saturated carbocycles. The van der Waals surface area contributed by atoms with Crippen LogP contribution in [-0.2, 0) is 16.6 Å². The fourth-order valence-electron chi connectivity index (χ4n) is 3.88. The molecule has 0 fully saturated rings. The number of aliphatic hydroxyl groups is 1. The number of aromatic nitrogens is 1. The standard InChI is InChI=1S/C23H22F4N2O4/c1-4-13-5-6-15(24)10-18(13)21(2,3)12-22(32,23(25,26)27)20(31)29-16-7-8-17-14(9-16)11-28-33-19(17)30/h5-11,32H,4,12H2,1-3H3,(H,29,31). The van der Waals surface area contributed by atoms with E-state index < -0.39 is 41.0 Å². The van der Waals surface area contributed by atoms with Crippen molar-refractivity contribution in [2.24, 2.45) is 0 Å². The van der Waals surface area contributed by atoms with E-state index in [4.69, 9.17) is 0 Å². The lowest BCUT2D eigenvalue weighted by Crippen LogP contribution is -2.57. The minimum atomic E-state index is -5.33. The number of halogens is 4. The molecule has 1 amide bonds. The van der Waals surface area contributed by atoms with E-state index >= 15 is 0 Å². The number of carbonyl (C=O) groups is 1. The lowest BCUT2D eigenvalue weighted by molar-refractivity contribution is -0.254. The average Bonchev–Trinajstić information content (AvgIpc) is 2.72. The largest absolute Gasteiger partial charge is 0.426 e. The number of anilines is 1. The quantitative estimate of drug-likeness (QED) is 0.523. The third-order valence-electron chi connectivity index (χ3n) is 5.58. The Hall–Kier alpha value is -3.27. The van der Waals surface area contributed by atoms with E-state index in [-0.39, 0.29) is 22.0 Å². The number of fused-ring (bicyclic) bond motifs is 1. The summed E-state index contributed by atoms with van der Waals surface area (Å²) >= 11 is 0. The molecule has 0 spiro atoms. The van der Waals surface area contributed by atoms with Crippen LogP contribution in [0.5, 0.6) is 0 Å². The van der Waals surface area contributed by atoms with Crippen molar-refractivity contribution >= 4 is 22.4 Å². The van der Waals surface area contributed by atoms with Crippen LogP contribution in [0.25, 0.3) is 10.8 Å². The maximum atomic E-state index is 14.0. The molecule has 3 aromatic rings. The number of rotatable bonds is 6. The molecule has 6 nitrogen and oxygen atoms in total. The molecule has 1 aromatic heterocycles. The summed E-state index contributed by atoms with van der Waals surface area (Å²) in [6, 6.07) is 7.50. The molecule has 2 N–H and O–H groups in total. The molecule has 0 aliphatic carbocycles. The molecule has 0 aliphatic heterocycles. The summed E-state index contributed by atoms with van der Waals surface area (Å²) in [6.45, 7) is 4.59. The highest BCUT2D eigenvalue weighted by atomic mass is 19.4. The summed E-state index contributed by atoms with van der Waals surface area (Å²) in [5, 5.41) is 16.4. The predicted octanol–water partition coefficient (Wildman–Crippen LogP) is 4.49. The molecule has 1 atom stereocenters. The summed E-state index contributed by atoms with van der Waals surface area (Å²) in [5.74, 6) is -2.34. The van der Waals surface area contributed by atoms with Gasteiger partial charge in [0.05, 0.1) is 11.6 Å². The second-order valence-electron chi connectivity index (χ2n) is 8.44. The molecule has 0 aliphatic rings. The van der Waals surface area contributed by atoms with Crippen molar-refractivity contribution in [2.75, 3.05) is 5.32 Å². The minimum absolute atomic E-state index is 0.0830. The maximum Gasteiger partial charge on any atom is 0.426 e. The highest BCUT2D eigenvalue weighted by molar-refractivity contribution is 5.99. The zero-order chi connectivity index (χ0) is 24.6. The maximum absolute atomic E-state index is 14.0. The molecule has 0 bridgehead atoms. The molecular weight excluding hydrogens is 444 g/mol. The van der Waals surface area contributed by atoms with Crippen molar-refractivity contribution in [1.29, 1.82) is 0 Å². The van der Waals surface area contributed by atoms with Gasteiger partial charge in [-0.3, -0.25) is 4.79 Å². The van der Waals surface area contributed by atoms with E-state index in [0.29, 0.717) is 12.0 Å². The van der Waals surface area contributed by atoms with Gasteiger partial charge in [0.25, 0.3) is 5.91 Å². The van der Waals surface area contributed by atoms with Crippen LogP contribution in [0.1, 0.15) is 38.3 Å². The van der Waals surface area contributed by atoms with Crippen molar-refractivity contribution in [3.63, 3.8) is 0 Å². The highest BCUT2D eigenvalue weighted by Gasteiger charge is 2.61. The first-order valence-electron chi connectivity index (χ1n) is 10.1. The van der Waals surface area contributed by atoms with Crippen molar-refractivity contribution in [3.05, 3.63) is 70.0 Å². The van der Waals surface area contributed by atoms with Crippen LogP contribution in [0.3, 0.4) is 0 Å². The predicted molar refractivity (Wildman–Crippen MR) is 113 cm³/mol. The number of hydrogen-bond acceptors (Lipinski definition) is 5. The third-order valence-corrected chi connectivity index (χ3v) is 5.58. The second-order valence-corrected chi connectivity index (χ2v) is 8.44. The summed E-state index contributed by atoms with van der Waals surface area (Å²) in [4.78, 5) is 24.4. The Morgan fingerprint density at radius 1 is 1.15 bits per heavy atom. The zero-order valence-corrected chi connectivity index (χ0v) is 18.1. The number of hydrogen-bond donors (Lipinski definition) is 2. The number of amides is 1. The van der Waals surface area contributed by atoms with Crippen LogP contribution in [0.15, 0.2) is 51.9 Å². The Morgan fingerprint density at radius 2 is 1.85 bits per heavy atom. The van der Waals surface area contributed by atoms with E-state index in [0.717, 1.165) is 6.07 Å². The monoisotopic (exact) mass is 466 g/mol. The van der Waals surface area contributed by atoms with E-state index in [2.05, 4.69) is 15.0 Å². The fourth-order valence-corrected chi connectivity index (χ4v) is 3.88. The van der Waals surface area contributed by atoms with Crippen molar-refractivity contribution in [3.8, 4) is 0 Å². The molecule has 0 radical (unpaired) electrons.